The second-order valence-electron chi connectivity index (χ2n) is 7.32. The van der Waals surface area contributed by atoms with Crippen LogP contribution in [0.5, 0.6) is 0 Å². The highest BCUT2D eigenvalue weighted by Gasteiger charge is 2.25. The topological polar surface area (TPSA) is 108 Å². The molecule has 1 amide bonds. The number of tetrazole rings is 1. The number of allylic oxidation sites excluding steroid dienone is 3. The van der Waals surface area contributed by atoms with Crippen molar-refractivity contribution in [3.8, 4) is 0 Å². The van der Waals surface area contributed by atoms with Crippen LogP contribution in [0.2, 0.25) is 0 Å². The van der Waals surface area contributed by atoms with Crippen LogP contribution in [-0.2, 0) is 9.53 Å². The molecule has 0 saturated carbocycles. The molecule has 2 unspecified atom stereocenters. The number of nitrogens with zero attached hydrogens (tertiary/aromatic N) is 4. The number of thioether (sulfide) groups is 2. The molecule has 3 heterocycles. The molecule has 31 heavy (non-hydrogen) atoms. The number of rotatable bonds is 8. The first-order valence-electron chi connectivity index (χ1n) is 9.88. The van der Waals surface area contributed by atoms with Crippen molar-refractivity contribution in [3.63, 3.8) is 0 Å². The van der Waals surface area contributed by atoms with E-state index >= 15 is 0 Å². The number of carbonyl (C=O) groups is 1. The van der Waals surface area contributed by atoms with E-state index < -0.39 is 0 Å². The van der Waals surface area contributed by atoms with Gasteiger partial charge in [-0.2, -0.15) is 0 Å². The normalized spacial score (nSPS) is 26.6. The maximum absolute atomic E-state index is 13.4. The van der Waals surface area contributed by atoms with E-state index in [4.69, 9.17) is 16.3 Å². The third-order valence-electron chi connectivity index (χ3n) is 5.00. The Bertz CT molecular complexity index is 867. The van der Waals surface area contributed by atoms with Gasteiger partial charge >= 0.3 is 0 Å². The molecule has 3 N–H and O–H groups in total. The highest BCUT2D eigenvalue weighted by atomic mass is 35.5. The van der Waals surface area contributed by atoms with Gasteiger partial charge in [0.2, 0.25) is 5.91 Å². The maximum Gasteiger partial charge on any atom is 0.230 e. The highest BCUT2D eigenvalue weighted by Crippen LogP contribution is 2.32. The zero-order chi connectivity index (χ0) is 21.6. The molecule has 0 aromatic carbocycles. The maximum atomic E-state index is 13.4. The fourth-order valence-electron chi connectivity index (χ4n) is 3.47. The molecule has 1 aliphatic carbocycles. The first-order chi connectivity index (χ1) is 15.1. The molecule has 2 aliphatic heterocycles. The summed E-state index contributed by atoms with van der Waals surface area (Å²) in [4.78, 5) is 14.5. The van der Waals surface area contributed by atoms with Gasteiger partial charge in [0.05, 0.1) is 29.2 Å². The zero-order valence-electron chi connectivity index (χ0n) is 16.6. The predicted molar refractivity (Wildman–Crippen MR) is 120 cm³/mol. The molecule has 0 radical (unpaired) electrons. The van der Waals surface area contributed by atoms with Crippen LogP contribution in [0, 0.1) is 5.92 Å². The Labute approximate surface area is 192 Å². The monoisotopic (exact) mass is 487 g/mol. The molecular formula is C18H23ClFN7O2S2. The summed E-state index contributed by atoms with van der Waals surface area (Å²) >= 11 is 8.99. The van der Waals surface area contributed by atoms with Crippen molar-refractivity contribution in [3.05, 3.63) is 34.2 Å². The summed E-state index contributed by atoms with van der Waals surface area (Å²) in [6, 6.07) is 0. The molecule has 9 nitrogen and oxygen atoms in total. The molecule has 0 spiro atoms. The summed E-state index contributed by atoms with van der Waals surface area (Å²) < 4.78 is 19.2. The fourth-order valence-corrected chi connectivity index (χ4v) is 5.66. The summed E-state index contributed by atoms with van der Waals surface area (Å²) in [5, 5.41) is 22.0. The molecule has 1 saturated heterocycles. The number of H-pyrrole nitrogens is 1. The Morgan fingerprint density at radius 1 is 1.52 bits per heavy atom. The van der Waals surface area contributed by atoms with Gasteiger partial charge in [-0.15, -0.1) is 16.9 Å². The lowest BCUT2D eigenvalue weighted by Gasteiger charge is -2.35. The van der Waals surface area contributed by atoms with Crippen molar-refractivity contribution in [1.29, 1.82) is 0 Å². The lowest BCUT2D eigenvalue weighted by atomic mass is 9.99. The Hall–Kier alpha value is -1.60. The number of aromatic amines is 1. The van der Waals surface area contributed by atoms with Gasteiger partial charge in [-0.05, 0) is 28.8 Å². The van der Waals surface area contributed by atoms with Crippen LogP contribution < -0.4 is 10.6 Å². The van der Waals surface area contributed by atoms with Gasteiger partial charge in [0, 0.05) is 31.6 Å². The van der Waals surface area contributed by atoms with Gasteiger partial charge in [-0.25, -0.2) is 9.49 Å². The molecule has 13 heteroatoms. The third-order valence-corrected chi connectivity index (χ3v) is 7.64. The van der Waals surface area contributed by atoms with Gasteiger partial charge in [0.1, 0.15) is 10.5 Å². The summed E-state index contributed by atoms with van der Waals surface area (Å²) in [6.07, 6.45) is 3.91. The first kappa shape index (κ1) is 22.6. The molecule has 1 fully saturated rings. The SMILES string of the molecule is O=C(CSC1NC(c2nnn[nH]2)=CS1)NC[C@H]1CN(CC2C=C(Cl)C(F)=CC2)CCO1. The molecule has 3 atom stereocenters. The van der Waals surface area contributed by atoms with Crippen molar-refractivity contribution in [2.24, 2.45) is 5.92 Å². The second kappa shape index (κ2) is 10.8. The third kappa shape index (κ3) is 6.45. The predicted octanol–water partition coefficient (Wildman–Crippen LogP) is 1.66. The number of hydrogen-bond donors (Lipinski definition) is 3. The Kier molecular flexibility index (Phi) is 7.88. The summed E-state index contributed by atoms with van der Waals surface area (Å²) in [5.74, 6) is 0.725. The van der Waals surface area contributed by atoms with Crippen LogP contribution in [0.3, 0.4) is 0 Å². The van der Waals surface area contributed by atoms with Crippen molar-refractivity contribution in [1.82, 2.24) is 36.2 Å². The number of nitrogens with one attached hydrogen (secondary N) is 3. The minimum Gasteiger partial charge on any atom is -0.374 e. The first-order valence-corrected chi connectivity index (χ1v) is 12.3. The van der Waals surface area contributed by atoms with Crippen molar-refractivity contribution >= 4 is 46.7 Å². The van der Waals surface area contributed by atoms with Gasteiger partial charge in [-0.3, -0.25) is 9.69 Å². The number of aromatic nitrogens is 4. The number of halogens is 2. The van der Waals surface area contributed by atoms with Crippen LogP contribution in [-0.4, -0.2) is 80.8 Å². The summed E-state index contributed by atoms with van der Waals surface area (Å²) in [7, 11) is 0. The van der Waals surface area contributed by atoms with Crippen LogP contribution in [0.4, 0.5) is 4.39 Å². The van der Waals surface area contributed by atoms with Gasteiger partial charge in [-0.1, -0.05) is 29.4 Å². The zero-order valence-corrected chi connectivity index (χ0v) is 19.0. The molecule has 168 valence electrons. The molecule has 3 aliphatic rings. The summed E-state index contributed by atoms with van der Waals surface area (Å²) in [6.45, 7) is 3.40. The van der Waals surface area contributed by atoms with Gasteiger partial charge < -0.3 is 15.4 Å². The van der Waals surface area contributed by atoms with E-state index in [1.54, 1.807) is 23.9 Å². The Balaban J connectivity index is 1.13. The lowest BCUT2D eigenvalue weighted by molar-refractivity contribution is -0.119. The van der Waals surface area contributed by atoms with Gasteiger partial charge in [0.25, 0.3) is 0 Å². The van der Waals surface area contributed by atoms with Crippen LogP contribution in [0.25, 0.3) is 5.70 Å². The lowest BCUT2D eigenvalue weighted by Crippen LogP contribution is -2.48. The Morgan fingerprint density at radius 3 is 3.23 bits per heavy atom. The number of ether oxygens (including phenoxy) is 1. The van der Waals surface area contributed by atoms with Crippen LogP contribution in [0.1, 0.15) is 12.2 Å². The standard InChI is InChI=1S/C18H23ClFN7O2S2/c19-13-5-11(1-2-14(13)20)7-27-3-4-29-12(8-27)6-21-16(28)10-31-18-22-15(9-30-18)17-23-25-26-24-17/h2,5,9,11-12,18,22H,1,3-4,6-8,10H2,(H,21,28)(H,23,24,25,26)/t11?,12-,18?/m0/s1. The van der Waals surface area contributed by atoms with Crippen molar-refractivity contribution in [2.75, 3.05) is 38.5 Å². The van der Waals surface area contributed by atoms with E-state index in [1.165, 1.54) is 11.8 Å². The largest absolute Gasteiger partial charge is 0.374 e. The minimum absolute atomic E-state index is 0.0292. The average molecular weight is 488 g/mol. The molecule has 1 aromatic heterocycles. The van der Waals surface area contributed by atoms with E-state index in [-0.39, 0.29) is 33.5 Å². The van der Waals surface area contributed by atoms with Crippen molar-refractivity contribution in [2.45, 2.75) is 17.2 Å². The van der Waals surface area contributed by atoms with E-state index in [0.29, 0.717) is 31.1 Å². The highest BCUT2D eigenvalue weighted by molar-refractivity contribution is 8.18. The smallest absolute Gasteiger partial charge is 0.230 e. The van der Waals surface area contributed by atoms with Gasteiger partial charge in [0.15, 0.2) is 5.82 Å². The van der Waals surface area contributed by atoms with E-state index in [9.17, 15) is 9.18 Å². The number of morpholine rings is 1. The molecule has 4 rings (SSSR count). The molecular weight excluding hydrogens is 465 g/mol. The number of hydrogen-bond acceptors (Lipinski definition) is 9. The van der Waals surface area contributed by atoms with E-state index in [1.807, 2.05) is 5.41 Å². The van der Waals surface area contributed by atoms with Crippen molar-refractivity contribution < 1.29 is 13.9 Å². The quantitative estimate of drug-likeness (QED) is 0.504. The minimum atomic E-state index is -0.341. The molecule has 0 bridgehead atoms. The molecule has 1 aromatic rings. The number of amides is 1. The van der Waals surface area contributed by atoms with Crippen LogP contribution in [0.15, 0.2) is 28.4 Å². The summed E-state index contributed by atoms with van der Waals surface area (Å²) in [5.41, 5.74) is 0.816. The number of carbonyl (C=O) groups excluding carboxylic acids is 1. The fraction of sp³-hybridized carbons (Fsp3) is 0.556. The second-order valence-corrected chi connectivity index (χ2v) is 10.1. The van der Waals surface area contributed by atoms with E-state index in [0.717, 1.165) is 25.3 Å². The average Bonchev–Trinajstić information content (AvgIpc) is 3.45. The van der Waals surface area contributed by atoms with Crippen LogP contribution >= 0.6 is 35.1 Å². The Morgan fingerprint density at radius 2 is 2.42 bits per heavy atom. The van der Waals surface area contributed by atoms with E-state index in [2.05, 4.69) is 36.2 Å².